The summed E-state index contributed by atoms with van der Waals surface area (Å²) < 4.78 is 0. The topological polar surface area (TPSA) is 87.7 Å². The van der Waals surface area contributed by atoms with Crippen molar-refractivity contribution in [1.29, 1.82) is 0 Å². The fourth-order valence-corrected chi connectivity index (χ4v) is 1.50. The number of carbonyl (C=O) groups excluding carboxylic acids is 1. The molecule has 0 aromatic rings. The summed E-state index contributed by atoms with van der Waals surface area (Å²) in [5, 5.41) is 10.8. The van der Waals surface area contributed by atoms with Crippen LogP contribution in [-0.4, -0.2) is 42.3 Å². The number of amides is 2. The van der Waals surface area contributed by atoms with E-state index in [0.717, 1.165) is 5.75 Å². The molecule has 0 aliphatic heterocycles. The molecule has 0 rings (SSSR count). The minimum atomic E-state index is -1.13. The number of carboxylic acid groups (broad SMARTS) is 1. The molecule has 0 heterocycles. The van der Waals surface area contributed by atoms with Gasteiger partial charge in [-0.05, 0) is 17.9 Å². The lowest BCUT2D eigenvalue weighted by Crippen LogP contribution is -2.39. The Hall–Kier alpha value is -0.950. The lowest BCUT2D eigenvalue weighted by molar-refractivity contribution is -0.144. The molecule has 0 saturated heterocycles. The number of rotatable bonds is 7. The Morgan fingerprint density at radius 3 is 2.73 bits per heavy atom. The molecule has 0 spiro atoms. The number of aliphatic carboxylic acids is 1. The summed E-state index contributed by atoms with van der Waals surface area (Å²) in [5.74, 6) is 0.187. The maximum absolute atomic E-state index is 11.0. The average molecular weight is 236 g/mol. The van der Waals surface area contributed by atoms with Gasteiger partial charge >= 0.3 is 12.0 Å². The summed E-state index contributed by atoms with van der Waals surface area (Å²) in [4.78, 5) is 25.4. The van der Waals surface area contributed by atoms with Crippen molar-refractivity contribution in [3.05, 3.63) is 0 Å². The third-order valence-corrected chi connectivity index (χ3v) is 2.33. The zero-order valence-electron chi connectivity index (χ0n) is 8.78. The van der Waals surface area contributed by atoms with Crippen LogP contribution in [0.25, 0.3) is 0 Å². The highest BCUT2D eigenvalue weighted by atomic mass is 32.2. The second-order valence-corrected chi connectivity index (χ2v) is 3.97. The van der Waals surface area contributed by atoms with Crippen LogP contribution in [0.3, 0.4) is 0 Å². The van der Waals surface area contributed by atoms with Crippen molar-refractivity contribution in [2.24, 2.45) is 5.92 Å². The summed E-state index contributed by atoms with van der Waals surface area (Å²) in [6.07, 6.45) is 1.99. The van der Waals surface area contributed by atoms with E-state index in [-0.39, 0.29) is 0 Å². The van der Waals surface area contributed by atoms with Gasteiger partial charge in [-0.15, -0.1) is 0 Å². The van der Waals surface area contributed by atoms with Crippen molar-refractivity contribution in [3.8, 4) is 0 Å². The molecule has 0 radical (unpaired) electrons. The molecule has 6 nitrogen and oxygen atoms in total. The quantitative estimate of drug-likeness (QED) is 0.553. The fourth-order valence-electron chi connectivity index (χ4n) is 0.810. The maximum atomic E-state index is 11.0. The van der Waals surface area contributed by atoms with E-state index in [1.54, 1.807) is 11.8 Å². The molecule has 2 amide bonds. The molecule has 0 bridgehead atoms. The van der Waals surface area contributed by atoms with Crippen molar-refractivity contribution >= 4 is 23.8 Å². The zero-order valence-corrected chi connectivity index (χ0v) is 9.60. The van der Waals surface area contributed by atoms with Crippen molar-refractivity contribution in [2.45, 2.75) is 6.92 Å². The largest absolute Gasteiger partial charge is 0.479 e. The molecule has 0 saturated carbocycles. The summed E-state index contributed by atoms with van der Waals surface area (Å²) in [5.41, 5.74) is 1.97. The normalized spacial score (nSPS) is 11.9. The Morgan fingerprint density at radius 1 is 1.53 bits per heavy atom. The van der Waals surface area contributed by atoms with Crippen LogP contribution in [-0.2, 0) is 9.63 Å². The van der Waals surface area contributed by atoms with E-state index in [1.807, 2.05) is 18.7 Å². The van der Waals surface area contributed by atoms with E-state index in [4.69, 9.17) is 5.11 Å². The Balaban J connectivity index is 3.44. The van der Waals surface area contributed by atoms with E-state index in [1.165, 1.54) is 0 Å². The van der Waals surface area contributed by atoms with Crippen LogP contribution in [0.5, 0.6) is 0 Å². The minimum absolute atomic E-state index is 0.366. The summed E-state index contributed by atoms with van der Waals surface area (Å²) in [7, 11) is 0. The van der Waals surface area contributed by atoms with Gasteiger partial charge in [0.1, 0.15) is 0 Å². The predicted molar refractivity (Wildman–Crippen MR) is 57.7 cm³/mol. The first-order valence-electron chi connectivity index (χ1n) is 4.42. The van der Waals surface area contributed by atoms with Crippen LogP contribution in [0, 0.1) is 5.92 Å². The first-order chi connectivity index (χ1) is 7.06. The number of carboxylic acids is 1. The summed E-state index contributed by atoms with van der Waals surface area (Å²) in [6.45, 7) is 1.99. The molecule has 15 heavy (non-hydrogen) atoms. The van der Waals surface area contributed by atoms with E-state index in [2.05, 4.69) is 10.2 Å². The van der Waals surface area contributed by atoms with Gasteiger partial charge in [0.15, 0.2) is 6.61 Å². The SMILES string of the molecule is CSCC(C)CNC(=O)NOCC(=O)O. The fraction of sp³-hybridized carbons (Fsp3) is 0.750. The van der Waals surface area contributed by atoms with Gasteiger partial charge in [0, 0.05) is 6.54 Å². The van der Waals surface area contributed by atoms with Gasteiger partial charge in [0.25, 0.3) is 0 Å². The van der Waals surface area contributed by atoms with E-state index in [9.17, 15) is 9.59 Å². The first kappa shape index (κ1) is 14.1. The highest BCUT2D eigenvalue weighted by Gasteiger charge is 2.05. The standard InChI is InChI=1S/C8H16N2O4S/c1-6(5-15-2)3-9-8(13)10-14-4-7(11)12/h6H,3-5H2,1-2H3,(H,11,12)(H2,9,10,13). The molecule has 3 N–H and O–H groups in total. The lowest BCUT2D eigenvalue weighted by atomic mass is 10.2. The first-order valence-corrected chi connectivity index (χ1v) is 5.82. The second-order valence-electron chi connectivity index (χ2n) is 3.06. The minimum Gasteiger partial charge on any atom is -0.479 e. The maximum Gasteiger partial charge on any atom is 0.338 e. The van der Waals surface area contributed by atoms with Crippen LogP contribution in [0.15, 0.2) is 0 Å². The molecule has 0 aromatic heterocycles. The molecule has 7 heteroatoms. The van der Waals surface area contributed by atoms with Crippen LogP contribution in [0.4, 0.5) is 4.79 Å². The summed E-state index contributed by atoms with van der Waals surface area (Å²) >= 11 is 1.70. The van der Waals surface area contributed by atoms with Gasteiger partial charge < -0.3 is 10.4 Å². The van der Waals surface area contributed by atoms with Crippen LogP contribution in [0.1, 0.15) is 6.92 Å². The van der Waals surface area contributed by atoms with Gasteiger partial charge in [0.05, 0.1) is 0 Å². The number of nitrogens with one attached hydrogen (secondary N) is 2. The second kappa shape index (κ2) is 8.37. The number of carbonyl (C=O) groups is 2. The summed E-state index contributed by atoms with van der Waals surface area (Å²) in [6, 6.07) is -0.524. The Kier molecular flexibility index (Phi) is 7.84. The Morgan fingerprint density at radius 2 is 2.20 bits per heavy atom. The number of hydrogen-bond donors (Lipinski definition) is 3. The third kappa shape index (κ3) is 9.36. The molecule has 1 unspecified atom stereocenters. The van der Waals surface area contributed by atoms with Crippen molar-refractivity contribution in [1.82, 2.24) is 10.8 Å². The Bertz CT molecular complexity index is 213. The molecular formula is C8H16N2O4S. The van der Waals surface area contributed by atoms with Crippen LogP contribution in [0.2, 0.25) is 0 Å². The monoisotopic (exact) mass is 236 g/mol. The van der Waals surface area contributed by atoms with Crippen LogP contribution >= 0.6 is 11.8 Å². The third-order valence-electron chi connectivity index (χ3n) is 1.42. The number of thioether (sulfide) groups is 1. The highest BCUT2D eigenvalue weighted by molar-refractivity contribution is 7.98. The van der Waals surface area contributed by atoms with Gasteiger partial charge in [0.2, 0.25) is 0 Å². The highest BCUT2D eigenvalue weighted by Crippen LogP contribution is 2.02. The van der Waals surface area contributed by atoms with Gasteiger partial charge in [-0.25, -0.2) is 15.1 Å². The van der Waals surface area contributed by atoms with Gasteiger partial charge in [-0.3, -0.25) is 4.84 Å². The van der Waals surface area contributed by atoms with E-state index in [0.29, 0.717) is 12.5 Å². The molecule has 0 aliphatic rings. The number of urea groups is 1. The van der Waals surface area contributed by atoms with Gasteiger partial charge in [-0.1, -0.05) is 6.92 Å². The average Bonchev–Trinajstić information content (AvgIpc) is 2.14. The van der Waals surface area contributed by atoms with E-state index < -0.39 is 18.6 Å². The smallest absolute Gasteiger partial charge is 0.338 e. The van der Waals surface area contributed by atoms with Crippen molar-refractivity contribution < 1.29 is 19.5 Å². The predicted octanol–water partition coefficient (Wildman–Crippen LogP) is 0.301. The molecule has 88 valence electrons. The van der Waals surface area contributed by atoms with Crippen molar-refractivity contribution in [3.63, 3.8) is 0 Å². The molecule has 0 aromatic carbocycles. The zero-order chi connectivity index (χ0) is 11.7. The van der Waals surface area contributed by atoms with E-state index >= 15 is 0 Å². The van der Waals surface area contributed by atoms with Crippen molar-refractivity contribution in [2.75, 3.05) is 25.2 Å². The molecule has 0 fully saturated rings. The molecule has 0 aliphatic carbocycles. The van der Waals surface area contributed by atoms with Gasteiger partial charge in [-0.2, -0.15) is 11.8 Å². The Labute approximate surface area is 92.7 Å². The number of hydrogen-bond acceptors (Lipinski definition) is 4. The number of hydroxylamine groups is 1. The lowest BCUT2D eigenvalue weighted by Gasteiger charge is -2.11. The van der Waals surface area contributed by atoms with Crippen LogP contribution < -0.4 is 10.8 Å². The molecular weight excluding hydrogens is 220 g/mol. The molecule has 1 atom stereocenters.